The molecular weight excluding hydrogens is 264 g/mol. The quantitative estimate of drug-likeness (QED) is 0.864. The van der Waals surface area contributed by atoms with Crippen molar-refractivity contribution in [3.05, 3.63) is 53.3 Å². The molecule has 0 bridgehead atoms. The Labute approximate surface area is 125 Å². The van der Waals surface area contributed by atoms with Crippen LogP contribution >= 0.6 is 0 Å². The number of benzene rings is 1. The molecule has 0 fully saturated rings. The lowest BCUT2D eigenvalue weighted by molar-refractivity contribution is 0.244. The lowest BCUT2D eigenvalue weighted by atomic mass is 9.98. The number of fused-ring (bicyclic) bond motifs is 1. The molecule has 0 radical (unpaired) electrons. The number of hydrogen-bond donors (Lipinski definition) is 0. The standard InChI is InChI=1S/C17H20N2O2/c1-20-16-8-14-5-7-19(11-13-4-3-6-18-10-13)12-15(14)9-17(16)21-2/h3-4,6,8-10H,5,7,11-12H2,1-2H3. The van der Waals surface area contributed by atoms with Crippen LogP contribution in [0, 0.1) is 0 Å². The maximum Gasteiger partial charge on any atom is 0.161 e. The van der Waals surface area contributed by atoms with Gasteiger partial charge in [0.15, 0.2) is 11.5 Å². The van der Waals surface area contributed by atoms with Crippen molar-refractivity contribution in [2.75, 3.05) is 20.8 Å². The van der Waals surface area contributed by atoms with Crippen LogP contribution in [-0.2, 0) is 19.5 Å². The van der Waals surface area contributed by atoms with E-state index in [0.29, 0.717) is 0 Å². The van der Waals surface area contributed by atoms with E-state index in [0.717, 1.165) is 37.6 Å². The summed E-state index contributed by atoms with van der Waals surface area (Å²) in [5, 5.41) is 0. The van der Waals surface area contributed by atoms with Crippen LogP contribution in [0.2, 0.25) is 0 Å². The van der Waals surface area contributed by atoms with Gasteiger partial charge in [-0.05, 0) is 41.3 Å². The molecule has 0 N–H and O–H groups in total. The number of aromatic nitrogens is 1. The number of pyridine rings is 1. The van der Waals surface area contributed by atoms with E-state index in [4.69, 9.17) is 9.47 Å². The molecule has 110 valence electrons. The van der Waals surface area contributed by atoms with Gasteiger partial charge in [0.1, 0.15) is 0 Å². The molecule has 2 aromatic rings. The van der Waals surface area contributed by atoms with Gasteiger partial charge >= 0.3 is 0 Å². The third-order valence-corrected chi connectivity index (χ3v) is 3.93. The molecule has 0 spiro atoms. The second-order valence-corrected chi connectivity index (χ2v) is 5.30. The Morgan fingerprint density at radius 1 is 1.14 bits per heavy atom. The summed E-state index contributed by atoms with van der Waals surface area (Å²) in [6.07, 6.45) is 4.78. The normalized spacial score (nSPS) is 14.6. The average Bonchev–Trinajstić information content (AvgIpc) is 2.54. The third kappa shape index (κ3) is 3.00. The Bertz CT molecular complexity index is 614. The van der Waals surface area contributed by atoms with E-state index in [1.54, 1.807) is 14.2 Å². The van der Waals surface area contributed by atoms with Gasteiger partial charge in [0, 0.05) is 32.0 Å². The molecule has 1 aliphatic rings. The Hall–Kier alpha value is -2.07. The highest BCUT2D eigenvalue weighted by molar-refractivity contribution is 5.48. The fourth-order valence-electron chi connectivity index (χ4n) is 2.83. The molecule has 0 saturated carbocycles. The van der Waals surface area contributed by atoms with Crippen molar-refractivity contribution in [1.82, 2.24) is 9.88 Å². The van der Waals surface area contributed by atoms with Crippen molar-refractivity contribution in [3.8, 4) is 11.5 Å². The van der Waals surface area contributed by atoms with E-state index in [2.05, 4.69) is 28.1 Å². The minimum absolute atomic E-state index is 0.805. The average molecular weight is 284 g/mol. The molecule has 0 saturated heterocycles. The van der Waals surface area contributed by atoms with Crippen molar-refractivity contribution in [1.29, 1.82) is 0 Å². The van der Waals surface area contributed by atoms with Crippen LogP contribution in [0.1, 0.15) is 16.7 Å². The number of ether oxygens (including phenoxy) is 2. The molecule has 4 heteroatoms. The lowest BCUT2D eigenvalue weighted by Crippen LogP contribution is -2.30. The summed E-state index contributed by atoms with van der Waals surface area (Å²) in [7, 11) is 3.36. The van der Waals surface area contributed by atoms with Gasteiger partial charge in [-0.3, -0.25) is 9.88 Å². The second-order valence-electron chi connectivity index (χ2n) is 5.30. The van der Waals surface area contributed by atoms with Crippen LogP contribution in [0.15, 0.2) is 36.7 Å². The summed E-state index contributed by atoms with van der Waals surface area (Å²) in [4.78, 5) is 6.62. The summed E-state index contributed by atoms with van der Waals surface area (Å²) in [5.41, 5.74) is 3.93. The molecule has 2 heterocycles. The van der Waals surface area contributed by atoms with E-state index in [1.165, 1.54) is 16.7 Å². The minimum atomic E-state index is 0.805. The minimum Gasteiger partial charge on any atom is -0.493 e. The summed E-state index contributed by atoms with van der Waals surface area (Å²) in [6, 6.07) is 8.32. The van der Waals surface area contributed by atoms with E-state index >= 15 is 0 Å². The smallest absolute Gasteiger partial charge is 0.161 e. The molecular formula is C17H20N2O2. The molecule has 4 nitrogen and oxygen atoms in total. The molecule has 0 atom stereocenters. The van der Waals surface area contributed by atoms with Crippen molar-refractivity contribution in [3.63, 3.8) is 0 Å². The van der Waals surface area contributed by atoms with Gasteiger partial charge in [0.05, 0.1) is 14.2 Å². The van der Waals surface area contributed by atoms with E-state index < -0.39 is 0 Å². The molecule has 0 unspecified atom stereocenters. The summed E-state index contributed by atoms with van der Waals surface area (Å²) in [6.45, 7) is 2.92. The van der Waals surface area contributed by atoms with Crippen LogP contribution in [-0.4, -0.2) is 30.6 Å². The van der Waals surface area contributed by atoms with Crippen LogP contribution in [0.5, 0.6) is 11.5 Å². The molecule has 1 aromatic carbocycles. The first kappa shape index (κ1) is 13.9. The molecule has 21 heavy (non-hydrogen) atoms. The number of rotatable bonds is 4. The zero-order valence-corrected chi connectivity index (χ0v) is 12.5. The number of nitrogens with zero attached hydrogens (tertiary/aromatic N) is 2. The maximum absolute atomic E-state index is 5.40. The fourth-order valence-corrected chi connectivity index (χ4v) is 2.83. The van der Waals surface area contributed by atoms with Crippen molar-refractivity contribution >= 4 is 0 Å². The van der Waals surface area contributed by atoms with Crippen LogP contribution < -0.4 is 9.47 Å². The number of hydrogen-bond acceptors (Lipinski definition) is 4. The largest absolute Gasteiger partial charge is 0.493 e. The maximum atomic E-state index is 5.40. The highest BCUT2D eigenvalue weighted by Crippen LogP contribution is 2.33. The first-order chi connectivity index (χ1) is 10.3. The van der Waals surface area contributed by atoms with E-state index in [-0.39, 0.29) is 0 Å². The summed E-state index contributed by atoms with van der Waals surface area (Å²) < 4.78 is 10.8. The zero-order chi connectivity index (χ0) is 14.7. The third-order valence-electron chi connectivity index (χ3n) is 3.93. The summed E-state index contributed by atoms with van der Waals surface area (Å²) >= 11 is 0. The Kier molecular flexibility index (Phi) is 4.06. The first-order valence-electron chi connectivity index (χ1n) is 7.15. The van der Waals surface area contributed by atoms with Gasteiger partial charge in [-0.25, -0.2) is 0 Å². The van der Waals surface area contributed by atoms with Crippen molar-refractivity contribution < 1.29 is 9.47 Å². The first-order valence-corrected chi connectivity index (χ1v) is 7.15. The van der Waals surface area contributed by atoms with Gasteiger partial charge in [-0.1, -0.05) is 6.07 Å². The molecule has 1 aliphatic heterocycles. The molecule has 0 amide bonds. The fraction of sp³-hybridized carbons (Fsp3) is 0.353. The predicted molar refractivity (Wildman–Crippen MR) is 81.6 cm³/mol. The Morgan fingerprint density at radius 2 is 1.90 bits per heavy atom. The van der Waals surface area contributed by atoms with Crippen LogP contribution in [0.3, 0.4) is 0 Å². The van der Waals surface area contributed by atoms with Crippen molar-refractivity contribution in [2.45, 2.75) is 19.5 Å². The van der Waals surface area contributed by atoms with Crippen molar-refractivity contribution in [2.24, 2.45) is 0 Å². The van der Waals surface area contributed by atoms with E-state index in [9.17, 15) is 0 Å². The predicted octanol–water partition coefficient (Wildman–Crippen LogP) is 2.66. The Balaban J connectivity index is 1.78. The molecule has 0 aliphatic carbocycles. The molecule has 3 rings (SSSR count). The van der Waals surface area contributed by atoms with Crippen LogP contribution in [0.4, 0.5) is 0 Å². The summed E-state index contributed by atoms with van der Waals surface area (Å²) in [5.74, 6) is 1.62. The zero-order valence-electron chi connectivity index (χ0n) is 12.5. The Morgan fingerprint density at radius 3 is 2.57 bits per heavy atom. The van der Waals surface area contributed by atoms with Gasteiger partial charge in [0.2, 0.25) is 0 Å². The second kappa shape index (κ2) is 6.14. The van der Waals surface area contributed by atoms with Gasteiger partial charge in [0.25, 0.3) is 0 Å². The van der Waals surface area contributed by atoms with Gasteiger partial charge in [-0.15, -0.1) is 0 Å². The highest BCUT2D eigenvalue weighted by Gasteiger charge is 2.19. The van der Waals surface area contributed by atoms with Crippen LogP contribution in [0.25, 0.3) is 0 Å². The van der Waals surface area contributed by atoms with E-state index in [1.807, 2.05) is 18.5 Å². The monoisotopic (exact) mass is 284 g/mol. The molecule has 1 aromatic heterocycles. The lowest BCUT2D eigenvalue weighted by Gasteiger charge is -2.29. The van der Waals surface area contributed by atoms with Gasteiger partial charge in [-0.2, -0.15) is 0 Å². The SMILES string of the molecule is COc1cc2c(cc1OC)CN(Cc1cccnc1)CC2. The number of methoxy groups -OCH3 is 2. The topological polar surface area (TPSA) is 34.6 Å². The highest BCUT2D eigenvalue weighted by atomic mass is 16.5. The van der Waals surface area contributed by atoms with Gasteiger partial charge < -0.3 is 9.47 Å².